The maximum absolute atomic E-state index is 12.2. The van der Waals surface area contributed by atoms with Crippen molar-refractivity contribution in [3.63, 3.8) is 0 Å². The molecule has 2 rings (SSSR count). The zero-order valence-electron chi connectivity index (χ0n) is 10.9. The number of esters is 1. The third kappa shape index (κ3) is 2.12. The Labute approximate surface area is 111 Å². The maximum atomic E-state index is 12.2. The van der Waals surface area contributed by atoms with E-state index in [2.05, 4.69) is 0 Å². The molecule has 2 amide bonds. The number of benzene rings is 1. The molecule has 0 aromatic heterocycles. The predicted octanol–water partition coefficient (Wildman–Crippen LogP) is 1.87. The summed E-state index contributed by atoms with van der Waals surface area (Å²) < 4.78 is 4.91. The molecule has 1 aliphatic rings. The van der Waals surface area contributed by atoms with Gasteiger partial charge in [0, 0.05) is 6.54 Å². The summed E-state index contributed by atoms with van der Waals surface area (Å²) in [5.41, 5.74) is 0.611. The van der Waals surface area contributed by atoms with E-state index < -0.39 is 11.9 Å². The minimum absolute atomic E-state index is 0.163. The number of amides is 2. The fourth-order valence-corrected chi connectivity index (χ4v) is 2.14. The summed E-state index contributed by atoms with van der Waals surface area (Å²) >= 11 is 0. The first-order valence-corrected chi connectivity index (χ1v) is 6.28. The van der Waals surface area contributed by atoms with Crippen molar-refractivity contribution in [2.45, 2.75) is 20.3 Å². The lowest BCUT2D eigenvalue weighted by Crippen LogP contribution is -2.30. The van der Waals surface area contributed by atoms with E-state index in [0.717, 1.165) is 0 Å². The molecule has 0 atom stereocenters. The average Bonchev–Trinajstić information content (AvgIpc) is 2.65. The van der Waals surface area contributed by atoms with Crippen LogP contribution in [0.3, 0.4) is 0 Å². The van der Waals surface area contributed by atoms with Crippen LogP contribution in [0.15, 0.2) is 18.2 Å². The summed E-state index contributed by atoms with van der Waals surface area (Å²) in [6, 6.07) is 4.66. The van der Waals surface area contributed by atoms with Gasteiger partial charge in [-0.05, 0) is 25.5 Å². The van der Waals surface area contributed by atoms with Gasteiger partial charge in [-0.3, -0.25) is 14.5 Å². The van der Waals surface area contributed by atoms with Crippen molar-refractivity contribution < 1.29 is 19.1 Å². The fourth-order valence-electron chi connectivity index (χ4n) is 2.14. The fraction of sp³-hybridized carbons (Fsp3) is 0.357. The quantitative estimate of drug-likeness (QED) is 0.613. The van der Waals surface area contributed by atoms with Crippen molar-refractivity contribution >= 4 is 17.8 Å². The Balaban J connectivity index is 2.48. The van der Waals surface area contributed by atoms with Crippen molar-refractivity contribution in [3.05, 3.63) is 34.9 Å². The monoisotopic (exact) mass is 261 g/mol. The molecule has 0 fully saturated rings. The summed E-state index contributed by atoms with van der Waals surface area (Å²) in [5, 5.41) is 0. The van der Waals surface area contributed by atoms with Gasteiger partial charge in [-0.2, -0.15) is 0 Å². The van der Waals surface area contributed by atoms with Crippen molar-refractivity contribution in [1.82, 2.24) is 4.90 Å². The summed E-state index contributed by atoms with van der Waals surface area (Å²) in [5.74, 6) is -1.32. The summed E-state index contributed by atoms with van der Waals surface area (Å²) in [6.45, 7) is 4.16. The number of imide groups is 1. The molecule has 5 heteroatoms. The Kier molecular flexibility index (Phi) is 3.64. The van der Waals surface area contributed by atoms with Gasteiger partial charge in [0.15, 0.2) is 0 Å². The third-order valence-electron chi connectivity index (χ3n) is 2.94. The second-order valence-corrected chi connectivity index (χ2v) is 4.21. The normalized spacial score (nSPS) is 13.7. The molecule has 0 aliphatic carbocycles. The Hall–Kier alpha value is -2.17. The van der Waals surface area contributed by atoms with E-state index in [1.54, 1.807) is 19.1 Å². The van der Waals surface area contributed by atoms with Crippen LogP contribution in [0.1, 0.15) is 51.3 Å². The highest BCUT2D eigenvalue weighted by Crippen LogP contribution is 2.26. The molecule has 100 valence electrons. The molecule has 0 N–H and O–H groups in total. The molecule has 19 heavy (non-hydrogen) atoms. The molecular weight excluding hydrogens is 246 g/mol. The highest BCUT2D eigenvalue weighted by atomic mass is 16.5. The summed E-state index contributed by atoms with van der Waals surface area (Å²) in [6.07, 6.45) is 0.681. The van der Waals surface area contributed by atoms with E-state index in [-0.39, 0.29) is 29.2 Å². The zero-order chi connectivity index (χ0) is 14.0. The van der Waals surface area contributed by atoms with Crippen molar-refractivity contribution in [2.75, 3.05) is 13.2 Å². The Morgan fingerprint density at radius 2 is 1.95 bits per heavy atom. The molecule has 0 unspecified atom stereocenters. The van der Waals surface area contributed by atoms with E-state index in [4.69, 9.17) is 4.74 Å². The van der Waals surface area contributed by atoms with Gasteiger partial charge in [0.05, 0.1) is 23.3 Å². The lowest BCUT2D eigenvalue weighted by atomic mass is 10.0. The van der Waals surface area contributed by atoms with Crippen LogP contribution in [0.5, 0.6) is 0 Å². The van der Waals surface area contributed by atoms with Crippen LogP contribution in [-0.4, -0.2) is 35.8 Å². The van der Waals surface area contributed by atoms with Gasteiger partial charge in [0.2, 0.25) is 0 Å². The van der Waals surface area contributed by atoms with Crippen molar-refractivity contribution in [2.24, 2.45) is 0 Å². The number of fused-ring (bicyclic) bond motifs is 1. The average molecular weight is 261 g/mol. The highest BCUT2D eigenvalue weighted by Gasteiger charge is 2.38. The van der Waals surface area contributed by atoms with E-state index in [1.807, 2.05) is 6.92 Å². The van der Waals surface area contributed by atoms with Gasteiger partial charge in [-0.15, -0.1) is 0 Å². The topological polar surface area (TPSA) is 63.7 Å². The Morgan fingerprint density at radius 3 is 2.58 bits per heavy atom. The number of carbonyl (C=O) groups is 3. The van der Waals surface area contributed by atoms with Crippen molar-refractivity contribution in [3.8, 4) is 0 Å². The SMILES string of the molecule is CCCN1C(=O)c2cccc(C(=O)OCC)c2C1=O. The van der Waals surface area contributed by atoms with Crippen LogP contribution in [0.4, 0.5) is 0 Å². The van der Waals surface area contributed by atoms with Crippen LogP contribution in [-0.2, 0) is 4.74 Å². The van der Waals surface area contributed by atoms with Gasteiger partial charge in [0.1, 0.15) is 0 Å². The molecule has 1 aromatic carbocycles. The van der Waals surface area contributed by atoms with Gasteiger partial charge in [-0.25, -0.2) is 4.79 Å². The number of hydrogen-bond acceptors (Lipinski definition) is 4. The number of nitrogens with zero attached hydrogens (tertiary/aromatic N) is 1. The summed E-state index contributed by atoms with van der Waals surface area (Å²) in [7, 11) is 0. The molecule has 0 radical (unpaired) electrons. The molecule has 0 spiro atoms. The van der Waals surface area contributed by atoms with Crippen molar-refractivity contribution in [1.29, 1.82) is 0 Å². The number of ether oxygens (including phenoxy) is 1. The molecule has 5 nitrogen and oxygen atoms in total. The lowest BCUT2D eigenvalue weighted by molar-refractivity contribution is 0.0518. The van der Waals surface area contributed by atoms with Crippen LogP contribution in [0, 0.1) is 0 Å². The molecular formula is C14H15NO4. The Bertz CT molecular complexity index is 550. The number of rotatable bonds is 4. The first kappa shape index (κ1) is 13.3. The zero-order valence-corrected chi connectivity index (χ0v) is 10.9. The van der Waals surface area contributed by atoms with Gasteiger partial charge in [-0.1, -0.05) is 13.0 Å². The molecule has 0 saturated heterocycles. The molecule has 1 aliphatic heterocycles. The first-order valence-electron chi connectivity index (χ1n) is 6.28. The number of carbonyl (C=O) groups excluding carboxylic acids is 3. The summed E-state index contributed by atoms with van der Waals surface area (Å²) in [4.78, 5) is 37.3. The smallest absolute Gasteiger partial charge is 0.338 e. The van der Waals surface area contributed by atoms with E-state index in [0.29, 0.717) is 13.0 Å². The second-order valence-electron chi connectivity index (χ2n) is 4.21. The Morgan fingerprint density at radius 1 is 1.21 bits per heavy atom. The van der Waals surface area contributed by atoms with E-state index in [9.17, 15) is 14.4 Å². The molecule has 1 aromatic rings. The third-order valence-corrected chi connectivity index (χ3v) is 2.94. The molecule has 0 saturated carbocycles. The highest BCUT2D eigenvalue weighted by molar-refractivity contribution is 6.24. The van der Waals surface area contributed by atoms with Crippen LogP contribution in [0.2, 0.25) is 0 Å². The van der Waals surface area contributed by atoms with Crippen LogP contribution in [0.25, 0.3) is 0 Å². The minimum atomic E-state index is -0.571. The number of hydrogen-bond donors (Lipinski definition) is 0. The standard InChI is InChI=1S/C14H15NO4/c1-3-8-15-12(16)9-6-5-7-10(11(9)13(15)17)14(18)19-4-2/h5-7H,3-4,8H2,1-2H3. The second kappa shape index (κ2) is 5.22. The van der Waals surface area contributed by atoms with Gasteiger partial charge in [0.25, 0.3) is 11.8 Å². The van der Waals surface area contributed by atoms with E-state index in [1.165, 1.54) is 11.0 Å². The van der Waals surface area contributed by atoms with Gasteiger partial charge < -0.3 is 4.74 Å². The van der Waals surface area contributed by atoms with E-state index >= 15 is 0 Å². The van der Waals surface area contributed by atoms with Crippen LogP contribution < -0.4 is 0 Å². The van der Waals surface area contributed by atoms with Crippen LogP contribution >= 0.6 is 0 Å². The lowest BCUT2D eigenvalue weighted by Gasteiger charge is -2.11. The minimum Gasteiger partial charge on any atom is -0.462 e. The molecule has 0 bridgehead atoms. The maximum Gasteiger partial charge on any atom is 0.338 e. The first-order chi connectivity index (χ1) is 9.11. The molecule has 1 heterocycles. The van der Waals surface area contributed by atoms with Gasteiger partial charge >= 0.3 is 5.97 Å². The largest absolute Gasteiger partial charge is 0.462 e. The predicted molar refractivity (Wildman–Crippen MR) is 68.1 cm³/mol.